The molecule has 1 aromatic heterocycles. The predicted octanol–water partition coefficient (Wildman–Crippen LogP) is 3.05. The third-order valence-corrected chi connectivity index (χ3v) is 8.35. The van der Waals surface area contributed by atoms with Crippen molar-refractivity contribution >= 4 is 48.9 Å². The first-order chi connectivity index (χ1) is 8.82. The van der Waals surface area contributed by atoms with E-state index in [9.17, 15) is 8.42 Å². The summed E-state index contributed by atoms with van der Waals surface area (Å²) in [5.74, 6) is 0. The van der Waals surface area contributed by atoms with E-state index < -0.39 is 10.0 Å². The van der Waals surface area contributed by atoms with Gasteiger partial charge >= 0.3 is 0 Å². The highest BCUT2D eigenvalue weighted by molar-refractivity contribution is 9.11. The zero-order valence-electron chi connectivity index (χ0n) is 10.5. The van der Waals surface area contributed by atoms with E-state index in [2.05, 4.69) is 15.9 Å². The van der Waals surface area contributed by atoms with Crippen molar-refractivity contribution in [1.82, 2.24) is 4.31 Å². The van der Waals surface area contributed by atoms with Crippen molar-refractivity contribution in [3.8, 4) is 0 Å². The number of rotatable bonds is 3. The zero-order valence-corrected chi connectivity index (χ0v) is 14.4. The fourth-order valence-corrected chi connectivity index (χ4v) is 6.26. The quantitative estimate of drug-likeness (QED) is 0.867. The summed E-state index contributed by atoms with van der Waals surface area (Å²) in [4.78, 5) is 0. The molecule has 1 aliphatic carbocycles. The molecule has 0 spiro atoms. The van der Waals surface area contributed by atoms with Gasteiger partial charge in [-0.25, -0.2) is 8.42 Å². The van der Waals surface area contributed by atoms with Crippen LogP contribution in [-0.2, 0) is 10.0 Å². The van der Waals surface area contributed by atoms with E-state index in [0.29, 0.717) is 8.81 Å². The molecule has 19 heavy (non-hydrogen) atoms. The minimum Gasteiger partial charge on any atom is -0.328 e. The van der Waals surface area contributed by atoms with Crippen molar-refractivity contribution in [3.05, 3.63) is 14.9 Å². The van der Waals surface area contributed by atoms with Gasteiger partial charge in [-0.2, -0.15) is 4.31 Å². The van der Waals surface area contributed by atoms with Gasteiger partial charge in [-0.15, -0.1) is 11.3 Å². The van der Waals surface area contributed by atoms with Gasteiger partial charge in [0, 0.05) is 19.1 Å². The molecule has 0 amide bonds. The van der Waals surface area contributed by atoms with Gasteiger partial charge in [0.15, 0.2) is 0 Å². The molecule has 1 heterocycles. The van der Waals surface area contributed by atoms with Crippen LogP contribution in [0.15, 0.2) is 14.1 Å². The van der Waals surface area contributed by atoms with Crippen LogP contribution in [0.2, 0.25) is 5.02 Å². The highest BCUT2D eigenvalue weighted by Gasteiger charge is 2.32. The number of nitrogens with two attached hydrogens (primary N) is 1. The van der Waals surface area contributed by atoms with E-state index in [1.807, 2.05) is 0 Å². The largest absolute Gasteiger partial charge is 0.328 e. The van der Waals surface area contributed by atoms with Crippen LogP contribution in [0.3, 0.4) is 0 Å². The van der Waals surface area contributed by atoms with Crippen molar-refractivity contribution < 1.29 is 8.42 Å². The van der Waals surface area contributed by atoms with Crippen molar-refractivity contribution in [2.45, 2.75) is 42.0 Å². The second kappa shape index (κ2) is 5.99. The maximum Gasteiger partial charge on any atom is 0.252 e. The summed E-state index contributed by atoms with van der Waals surface area (Å²) in [5, 5.41) is 0.433. The molecule has 1 saturated carbocycles. The molecule has 0 saturated heterocycles. The molecule has 8 heteroatoms. The third kappa shape index (κ3) is 3.33. The number of sulfonamides is 1. The Morgan fingerprint density at radius 2 is 2.00 bits per heavy atom. The van der Waals surface area contributed by atoms with Gasteiger partial charge < -0.3 is 5.73 Å². The first-order valence-corrected chi connectivity index (χ1v) is 9.43. The molecule has 0 atom stereocenters. The van der Waals surface area contributed by atoms with Crippen LogP contribution in [0.4, 0.5) is 0 Å². The summed E-state index contributed by atoms with van der Waals surface area (Å²) in [6.07, 6.45) is 3.38. The molecular weight excluding hydrogens is 372 g/mol. The molecule has 0 radical (unpaired) electrons. The van der Waals surface area contributed by atoms with E-state index in [4.69, 9.17) is 17.3 Å². The molecule has 2 N–H and O–H groups in total. The van der Waals surface area contributed by atoms with Gasteiger partial charge in [-0.1, -0.05) is 11.6 Å². The lowest BCUT2D eigenvalue weighted by Gasteiger charge is -2.32. The Kier molecular flexibility index (Phi) is 4.96. The highest BCUT2D eigenvalue weighted by atomic mass is 79.9. The van der Waals surface area contributed by atoms with E-state index in [1.165, 1.54) is 10.4 Å². The normalized spacial score (nSPS) is 24.9. The summed E-state index contributed by atoms with van der Waals surface area (Å²) >= 11 is 10.3. The maximum absolute atomic E-state index is 12.5. The van der Waals surface area contributed by atoms with Crippen molar-refractivity contribution in [3.63, 3.8) is 0 Å². The fourth-order valence-electron chi connectivity index (χ4n) is 2.26. The van der Waals surface area contributed by atoms with Crippen LogP contribution >= 0.6 is 38.9 Å². The topological polar surface area (TPSA) is 63.4 Å². The molecule has 0 aromatic carbocycles. The number of thiophene rings is 1. The molecular formula is C11H16BrClN2O2S2. The van der Waals surface area contributed by atoms with Crippen molar-refractivity contribution in [2.75, 3.05) is 7.05 Å². The fraction of sp³-hybridized carbons (Fsp3) is 0.636. The highest BCUT2D eigenvalue weighted by Crippen LogP contribution is 2.37. The Labute approximate surface area is 131 Å². The molecule has 0 unspecified atom stereocenters. The zero-order chi connectivity index (χ0) is 14.2. The Hall–Kier alpha value is 0.340. The van der Waals surface area contributed by atoms with E-state index in [-0.39, 0.29) is 16.3 Å². The van der Waals surface area contributed by atoms with Gasteiger partial charge in [0.2, 0.25) is 0 Å². The first-order valence-electron chi connectivity index (χ1n) is 6.01. The summed E-state index contributed by atoms with van der Waals surface area (Å²) in [5.41, 5.74) is 5.85. The summed E-state index contributed by atoms with van der Waals surface area (Å²) < 4.78 is 27.4. The maximum atomic E-state index is 12.5. The van der Waals surface area contributed by atoms with Crippen LogP contribution in [0.5, 0.6) is 0 Å². The van der Waals surface area contributed by atoms with Gasteiger partial charge in [-0.05, 0) is 47.7 Å². The molecule has 1 fully saturated rings. The number of nitrogens with zero attached hydrogens (tertiary/aromatic N) is 1. The van der Waals surface area contributed by atoms with Gasteiger partial charge in [0.1, 0.15) is 4.21 Å². The molecule has 2 rings (SSSR count). The SMILES string of the molecule is CN(C1CCC(N)CC1)S(=O)(=O)c1cc(Cl)c(Br)s1. The van der Waals surface area contributed by atoms with Crippen LogP contribution in [0.1, 0.15) is 25.7 Å². The third-order valence-electron chi connectivity index (χ3n) is 3.51. The van der Waals surface area contributed by atoms with Crippen molar-refractivity contribution in [2.24, 2.45) is 5.73 Å². The molecule has 0 bridgehead atoms. The molecule has 4 nitrogen and oxygen atoms in total. The summed E-state index contributed by atoms with van der Waals surface area (Å²) in [6, 6.07) is 1.73. The Morgan fingerprint density at radius 3 is 2.47 bits per heavy atom. The van der Waals surface area contributed by atoms with E-state index in [0.717, 1.165) is 37.0 Å². The van der Waals surface area contributed by atoms with E-state index >= 15 is 0 Å². The predicted molar refractivity (Wildman–Crippen MR) is 82.2 cm³/mol. The van der Waals surface area contributed by atoms with Crippen LogP contribution in [0.25, 0.3) is 0 Å². The second-order valence-electron chi connectivity index (χ2n) is 4.78. The van der Waals surface area contributed by atoms with Gasteiger partial charge in [-0.3, -0.25) is 0 Å². The average molecular weight is 388 g/mol. The number of hydrogen-bond acceptors (Lipinski definition) is 4. The molecule has 1 aliphatic rings. The van der Waals surface area contributed by atoms with E-state index in [1.54, 1.807) is 7.05 Å². The van der Waals surface area contributed by atoms with Crippen molar-refractivity contribution in [1.29, 1.82) is 0 Å². The summed E-state index contributed by atoms with van der Waals surface area (Å²) in [7, 11) is -1.82. The van der Waals surface area contributed by atoms with Gasteiger partial charge in [0.25, 0.3) is 10.0 Å². The Bertz CT molecular complexity index is 534. The monoisotopic (exact) mass is 386 g/mol. The average Bonchev–Trinajstić information content (AvgIpc) is 2.70. The number of hydrogen-bond donors (Lipinski definition) is 1. The number of halogens is 2. The molecule has 1 aromatic rings. The minimum absolute atomic E-state index is 0.0319. The molecule has 108 valence electrons. The lowest BCUT2D eigenvalue weighted by atomic mass is 9.92. The van der Waals surface area contributed by atoms with Crippen LogP contribution < -0.4 is 5.73 Å². The Balaban J connectivity index is 2.19. The lowest BCUT2D eigenvalue weighted by Crippen LogP contribution is -2.41. The lowest BCUT2D eigenvalue weighted by molar-refractivity contribution is 0.269. The second-order valence-corrected chi connectivity index (χ2v) is 9.78. The summed E-state index contributed by atoms with van der Waals surface area (Å²) in [6.45, 7) is 0. The standard InChI is InChI=1S/C11H16BrClN2O2S2/c1-15(8-4-2-7(14)3-5-8)19(16,17)10-6-9(13)11(12)18-10/h6-8H,2-5,14H2,1H3. The Morgan fingerprint density at radius 1 is 1.42 bits per heavy atom. The van der Waals surface area contributed by atoms with Gasteiger partial charge in [0.05, 0.1) is 8.81 Å². The van der Waals surface area contributed by atoms with Crippen LogP contribution in [0, 0.1) is 0 Å². The van der Waals surface area contributed by atoms with Crippen LogP contribution in [-0.4, -0.2) is 31.9 Å². The smallest absolute Gasteiger partial charge is 0.252 e. The molecule has 0 aliphatic heterocycles. The minimum atomic E-state index is -3.46. The first kappa shape index (κ1) is 15.7.